The van der Waals surface area contributed by atoms with Crippen LogP contribution < -0.4 is 10.8 Å². The van der Waals surface area contributed by atoms with Crippen molar-refractivity contribution in [2.45, 2.75) is 13.8 Å². The fourth-order valence-electron chi connectivity index (χ4n) is 1.30. The van der Waals surface area contributed by atoms with Crippen molar-refractivity contribution < 1.29 is 19.6 Å². The second-order valence-corrected chi connectivity index (χ2v) is 3.41. The number of amides is 1. The van der Waals surface area contributed by atoms with E-state index in [2.05, 4.69) is 5.32 Å². The first kappa shape index (κ1) is 12.4. The monoisotopic (exact) mass is 221 g/mol. The van der Waals surface area contributed by atoms with Crippen LogP contribution in [0.3, 0.4) is 0 Å². The van der Waals surface area contributed by atoms with Crippen molar-refractivity contribution in [3.05, 3.63) is 23.8 Å². The zero-order valence-electron chi connectivity index (χ0n) is 9.02. The maximum atomic E-state index is 11.1. The van der Waals surface area contributed by atoms with Gasteiger partial charge >= 0.3 is 7.12 Å². The van der Waals surface area contributed by atoms with Crippen LogP contribution >= 0.6 is 0 Å². The van der Waals surface area contributed by atoms with Gasteiger partial charge in [0.2, 0.25) is 5.91 Å². The zero-order chi connectivity index (χ0) is 12.3. The Labute approximate surface area is 93.2 Å². The topological polar surface area (TPSA) is 86.6 Å². The average molecular weight is 221 g/mol. The first-order chi connectivity index (χ1) is 7.41. The Morgan fingerprint density at radius 2 is 1.88 bits per heavy atom. The third kappa shape index (κ3) is 2.92. The molecular weight excluding hydrogens is 209 g/mol. The highest BCUT2D eigenvalue weighted by Gasteiger charge is 2.18. The molecular formula is C10H12BNO4. The van der Waals surface area contributed by atoms with Crippen LogP contribution in [0.5, 0.6) is 0 Å². The second kappa shape index (κ2) is 4.91. The molecule has 0 aliphatic heterocycles. The molecule has 84 valence electrons. The van der Waals surface area contributed by atoms with Crippen molar-refractivity contribution in [3.8, 4) is 0 Å². The molecule has 0 spiro atoms. The third-order valence-electron chi connectivity index (χ3n) is 2.05. The molecule has 1 aromatic rings. The maximum Gasteiger partial charge on any atom is 0.490 e. The standard InChI is InChI=1S/C10H12BNO4/c1-6(13)8-3-4-10(12-7(2)14)9(5-8)11(15)16/h3-5,15-16H,1-2H3,(H,12,14). The minimum Gasteiger partial charge on any atom is -0.423 e. The summed E-state index contributed by atoms with van der Waals surface area (Å²) < 4.78 is 0. The number of ketones is 1. The van der Waals surface area contributed by atoms with Gasteiger partial charge in [-0.05, 0) is 25.1 Å². The van der Waals surface area contributed by atoms with Crippen LogP contribution in [0, 0.1) is 0 Å². The van der Waals surface area contributed by atoms with E-state index < -0.39 is 7.12 Å². The van der Waals surface area contributed by atoms with E-state index in [1.54, 1.807) is 0 Å². The van der Waals surface area contributed by atoms with E-state index in [0.717, 1.165) is 0 Å². The molecule has 1 rings (SSSR count). The van der Waals surface area contributed by atoms with E-state index in [1.807, 2.05) is 0 Å². The highest BCUT2D eigenvalue weighted by Crippen LogP contribution is 2.08. The minimum atomic E-state index is -1.74. The number of carbonyl (C=O) groups excluding carboxylic acids is 2. The summed E-state index contributed by atoms with van der Waals surface area (Å²) >= 11 is 0. The summed E-state index contributed by atoms with van der Waals surface area (Å²) in [4.78, 5) is 22.0. The van der Waals surface area contributed by atoms with Gasteiger partial charge in [-0.2, -0.15) is 0 Å². The molecule has 0 radical (unpaired) electrons. The quantitative estimate of drug-likeness (QED) is 0.475. The Morgan fingerprint density at radius 1 is 1.25 bits per heavy atom. The number of anilines is 1. The summed E-state index contributed by atoms with van der Waals surface area (Å²) in [5.41, 5.74) is 0.743. The first-order valence-electron chi connectivity index (χ1n) is 4.70. The van der Waals surface area contributed by atoms with Gasteiger partial charge in [0, 0.05) is 23.6 Å². The van der Waals surface area contributed by atoms with Gasteiger partial charge in [-0.15, -0.1) is 0 Å². The van der Waals surface area contributed by atoms with Gasteiger partial charge in [-0.1, -0.05) is 0 Å². The van der Waals surface area contributed by atoms with E-state index in [4.69, 9.17) is 10.0 Å². The lowest BCUT2D eigenvalue weighted by Gasteiger charge is -2.10. The van der Waals surface area contributed by atoms with Crippen LogP contribution in [0.4, 0.5) is 5.69 Å². The number of nitrogens with one attached hydrogen (secondary N) is 1. The van der Waals surface area contributed by atoms with Crippen LogP contribution in [-0.2, 0) is 4.79 Å². The summed E-state index contributed by atoms with van der Waals surface area (Å²) in [6, 6.07) is 4.32. The molecule has 0 unspecified atom stereocenters. The molecule has 0 saturated carbocycles. The highest BCUT2D eigenvalue weighted by molar-refractivity contribution is 6.60. The van der Waals surface area contributed by atoms with Gasteiger partial charge in [-0.3, -0.25) is 9.59 Å². The smallest absolute Gasteiger partial charge is 0.423 e. The van der Waals surface area contributed by atoms with Crippen molar-refractivity contribution >= 4 is 30.0 Å². The average Bonchev–Trinajstić information content (AvgIpc) is 2.16. The number of hydrogen-bond donors (Lipinski definition) is 3. The summed E-state index contributed by atoms with van der Waals surface area (Å²) in [7, 11) is -1.74. The molecule has 0 bridgehead atoms. The fraction of sp³-hybridized carbons (Fsp3) is 0.200. The van der Waals surface area contributed by atoms with Gasteiger partial charge in [0.25, 0.3) is 0 Å². The summed E-state index contributed by atoms with van der Waals surface area (Å²) in [6.07, 6.45) is 0. The van der Waals surface area contributed by atoms with Gasteiger partial charge in [0.1, 0.15) is 0 Å². The zero-order valence-corrected chi connectivity index (χ0v) is 9.02. The lowest BCUT2D eigenvalue weighted by molar-refractivity contribution is -0.114. The van der Waals surface area contributed by atoms with Crippen LogP contribution in [0.15, 0.2) is 18.2 Å². The van der Waals surface area contributed by atoms with Crippen molar-refractivity contribution in [1.29, 1.82) is 0 Å². The van der Waals surface area contributed by atoms with Crippen LogP contribution in [0.2, 0.25) is 0 Å². The fourth-order valence-corrected chi connectivity index (χ4v) is 1.30. The first-order valence-corrected chi connectivity index (χ1v) is 4.70. The number of Topliss-reactive ketones (excluding diaryl/α,β-unsaturated/α-hetero) is 1. The van der Waals surface area contributed by atoms with Crippen molar-refractivity contribution in [2.24, 2.45) is 0 Å². The van der Waals surface area contributed by atoms with Crippen LogP contribution in [0.25, 0.3) is 0 Å². The molecule has 1 amide bonds. The maximum absolute atomic E-state index is 11.1. The molecule has 0 heterocycles. The van der Waals surface area contributed by atoms with E-state index in [9.17, 15) is 9.59 Å². The molecule has 0 saturated heterocycles. The summed E-state index contributed by atoms with van der Waals surface area (Å²) in [5.74, 6) is -0.506. The Bertz CT molecular complexity index is 431. The number of rotatable bonds is 3. The highest BCUT2D eigenvalue weighted by atomic mass is 16.4. The largest absolute Gasteiger partial charge is 0.490 e. The molecule has 1 aromatic carbocycles. The number of benzene rings is 1. The predicted molar refractivity (Wildman–Crippen MR) is 60.6 cm³/mol. The molecule has 0 atom stereocenters. The summed E-state index contributed by atoms with van der Waals surface area (Å²) in [5, 5.41) is 20.7. The molecule has 0 aliphatic carbocycles. The molecule has 5 nitrogen and oxygen atoms in total. The molecule has 16 heavy (non-hydrogen) atoms. The van der Waals surface area contributed by atoms with Crippen molar-refractivity contribution in [3.63, 3.8) is 0 Å². The predicted octanol–water partition coefficient (Wildman–Crippen LogP) is -0.473. The Balaban J connectivity index is 3.19. The molecule has 0 fully saturated rings. The van der Waals surface area contributed by atoms with Gasteiger partial charge < -0.3 is 15.4 Å². The lowest BCUT2D eigenvalue weighted by atomic mass is 9.78. The van der Waals surface area contributed by atoms with E-state index in [0.29, 0.717) is 5.56 Å². The SMILES string of the molecule is CC(=O)Nc1ccc(C(C)=O)cc1B(O)O. The molecule has 0 aromatic heterocycles. The summed E-state index contributed by atoms with van der Waals surface area (Å²) in [6.45, 7) is 2.69. The Hall–Kier alpha value is -1.66. The number of carbonyl (C=O) groups is 2. The van der Waals surface area contributed by atoms with Gasteiger partial charge in [0.15, 0.2) is 5.78 Å². The number of hydrogen-bond acceptors (Lipinski definition) is 4. The lowest BCUT2D eigenvalue weighted by Crippen LogP contribution is -2.33. The molecule has 6 heteroatoms. The van der Waals surface area contributed by atoms with Crippen LogP contribution in [-0.4, -0.2) is 28.9 Å². The second-order valence-electron chi connectivity index (χ2n) is 3.41. The van der Waals surface area contributed by atoms with Crippen LogP contribution in [0.1, 0.15) is 24.2 Å². The molecule has 0 aliphatic rings. The normalized spacial score (nSPS) is 9.75. The minimum absolute atomic E-state index is 0.0999. The Morgan fingerprint density at radius 3 is 2.31 bits per heavy atom. The third-order valence-corrected chi connectivity index (χ3v) is 2.05. The van der Waals surface area contributed by atoms with Gasteiger partial charge in [0.05, 0.1) is 0 Å². The van der Waals surface area contributed by atoms with Gasteiger partial charge in [-0.25, -0.2) is 0 Å². The Kier molecular flexibility index (Phi) is 3.81. The van der Waals surface area contributed by atoms with E-state index in [1.165, 1.54) is 32.0 Å². The van der Waals surface area contributed by atoms with E-state index >= 15 is 0 Å². The van der Waals surface area contributed by atoms with Crippen molar-refractivity contribution in [1.82, 2.24) is 0 Å². The van der Waals surface area contributed by atoms with Crippen molar-refractivity contribution in [2.75, 3.05) is 5.32 Å². The molecule has 3 N–H and O–H groups in total. The van der Waals surface area contributed by atoms with E-state index in [-0.39, 0.29) is 22.8 Å².